The van der Waals surface area contributed by atoms with E-state index in [-0.39, 0.29) is 12.4 Å². The first kappa shape index (κ1) is 14.1. The summed E-state index contributed by atoms with van der Waals surface area (Å²) >= 11 is 3.44. The Hall–Kier alpha value is -1.27. The summed E-state index contributed by atoms with van der Waals surface area (Å²) in [5.74, 6) is 0.432. The molecule has 4 N–H and O–H groups in total. The summed E-state index contributed by atoms with van der Waals surface area (Å²) in [6.07, 6.45) is 2.17. The Balaban J connectivity index is 2.20. The molecule has 1 fully saturated rings. The lowest BCUT2D eigenvalue weighted by molar-refractivity contribution is 0.208. The molecule has 1 aliphatic rings. The van der Waals surface area contributed by atoms with Gasteiger partial charge in [0, 0.05) is 35.4 Å². The normalized spacial score (nSPS) is 20.6. The lowest BCUT2D eigenvalue weighted by atomic mass is 9.98. The van der Waals surface area contributed by atoms with Crippen molar-refractivity contribution in [3.8, 4) is 0 Å². The van der Waals surface area contributed by atoms with Crippen molar-refractivity contribution in [1.29, 1.82) is 0 Å². The van der Waals surface area contributed by atoms with Crippen molar-refractivity contribution < 1.29 is 10.3 Å². The van der Waals surface area contributed by atoms with Crippen LogP contribution in [0.2, 0.25) is 0 Å². The summed E-state index contributed by atoms with van der Waals surface area (Å²) in [5.41, 5.74) is 7.34. The summed E-state index contributed by atoms with van der Waals surface area (Å²) in [7, 11) is 0. The Morgan fingerprint density at radius 1 is 1.53 bits per heavy atom. The molecule has 1 unspecified atom stereocenters. The molecule has 2 rings (SSSR count). The molecule has 1 heterocycles. The van der Waals surface area contributed by atoms with Crippen LogP contribution in [0.3, 0.4) is 0 Å². The van der Waals surface area contributed by atoms with Gasteiger partial charge in [-0.25, -0.2) is 0 Å². The van der Waals surface area contributed by atoms with Gasteiger partial charge in [-0.2, -0.15) is 0 Å². The molecule has 1 saturated heterocycles. The predicted octanol–water partition coefficient (Wildman–Crippen LogP) is 1.75. The second kappa shape index (κ2) is 6.25. The highest BCUT2D eigenvalue weighted by Gasteiger charge is 2.20. The molecule has 0 amide bonds. The maximum atomic E-state index is 9.26. The number of benzene rings is 1. The van der Waals surface area contributed by atoms with Crippen LogP contribution in [-0.2, 0) is 0 Å². The van der Waals surface area contributed by atoms with E-state index in [1.165, 1.54) is 0 Å². The average Bonchev–Trinajstić information content (AvgIpc) is 2.46. The van der Waals surface area contributed by atoms with E-state index in [2.05, 4.69) is 26.0 Å². The van der Waals surface area contributed by atoms with Crippen LogP contribution < -0.4 is 10.6 Å². The van der Waals surface area contributed by atoms with E-state index in [9.17, 15) is 5.11 Å². The van der Waals surface area contributed by atoms with Gasteiger partial charge in [0.25, 0.3) is 0 Å². The third-order valence-electron chi connectivity index (χ3n) is 3.48. The van der Waals surface area contributed by atoms with Crippen molar-refractivity contribution in [3.05, 3.63) is 28.2 Å². The Kier molecular flexibility index (Phi) is 4.66. The van der Waals surface area contributed by atoms with Crippen LogP contribution in [0.5, 0.6) is 0 Å². The van der Waals surface area contributed by atoms with E-state index in [4.69, 9.17) is 10.9 Å². The Morgan fingerprint density at radius 3 is 2.95 bits per heavy atom. The van der Waals surface area contributed by atoms with Crippen LogP contribution in [-0.4, -0.2) is 35.8 Å². The van der Waals surface area contributed by atoms with Crippen molar-refractivity contribution >= 4 is 27.5 Å². The monoisotopic (exact) mass is 327 g/mol. The molecule has 19 heavy (non-hydrogen) atoms. The van der Waals surface area contributed by atoms with Crippen molar-refractivity contribution in [2.45, 2.75) is 12.8 Å². The maximum Gasteiger partial charge on any atom is 0.171 e. The lowest BCUT2D eigenvalue weighted by Gasteiger charge is -2.33. The Labute approximate surface area is 120 Å². The zero-order valence-corrected chi connectivity index (χ0v) is 12.2. The lowest BCUT2D eigenvalue weighted by Crippen LogP contribution is -2.36. The number of piperidine rings is 1. The molecule has 0 saturated carbocycles. The SMILES string of the molecule is N/C(=N/O)c1ccc(N2CCCC(CO)C2)cc1Br. The van der Waals surface area contributed by atoms with Crippen LogP contribution in [0, 0.1) is 5.92 Å². The Morgan fingerprint density at radius 2 is 2.32 bits per heavy atom. The van der Waals surface area contributed by atoms with E-state index in [0.717, 1.165) is 36.1 Å². The fourth-order valence-corrected chi connectivity index (χ4v) is 2.98. The first-order valence-corrected chi connectivity index (χ1v) is 7.08. The van der Waals surface area contributed by atoms with E-state index >= 15 is 0 Å². The van der Waals surface area contributed by atoms with Crippen LogP contribution in [0.1, 0.15) is 18.4 Å². The molecule has 0 spiro atoms. The Bertz CT molecular complexity index is 479. The van der Waals surface area contributed by atoms with Gasteiger partial charge in [-0.3, -0.25) is 0 Å². The molecule has 5 nitrogen and oxygen atoms in total. The number of aliphatic hydroxyl groups excluding tert-OH is 1. The van der Waals surface area contributed by atoms with E-state index in [0.29, 0.717) is 11.5 Å². The summed E-state index contributed by atoms with van der Waals surface area (Å²) in [6.45, 7) is 2.09. The van der Waals surface area contributed by atoms with Crippen molar-refractivity contribution in [2.24, 2.45) is 16.8 Å². The molecule has 104 valence electrons. The van der Waals surface area contributed by atoms with Crippen molar-refractivity contribution in [3.63, 3.8) is 0 Å². The highest BCUT2D eigenvalue weighted by Crippen LogP contribution is 2.27. The number of nitrogens with two attached hydrogens (primary N) is 1. The van der Waals surface area contributed by atoms with Crippen LogP contribution in [0.15, 0.2) is 27.8 Å². The van der Waals surface area contributed by atoms with E-state index in [1.807, 2.05) is 18.2 Å². The van der Waals surface area contributed by atoms with Gasteiger partial charge in [0.2, 0.25) is 0 Å². The van der Waals surface area contributed by atoms with Crippen molar-refractivity contribution in [1.82, 2.24) is 0 Å². The van der Waals surface area contributed by atoms with Gasteiger partial charge in [-0.15, -0.1) is 0 Å². The number of anilines is 1. The van der Waals surface area contributed by atoms with E-state index in [1.54, 1.807) is 0 Å². The zero-order chi connectivity index (χ0) is 13.8. The van der Waals surface area contributed by atoms with Gasteiger partial charge >= 0.3 is 0 Å². The molecule has 0 aromatic heterocycles. The molecule has 0 bridgehead atoms. The highest BCUT2D eigenvalue weighted by atomic mass is 79.9. The number of aliphatic hydroxyl groups is 1. The highest BCUT2D eigenvalue weighted by molar-refractivity contribution is 9.10. The minimum absolute atomic E-state index is 0.0882. The smallest absolute Gasteiger partial charge is 0.171 e. The standard InChI is InChI=1S/C13H18BrN3O2/c14-12-6-10(3-4-11(12)13(15)16-19)17-5-1-2-9(7-17)8-18/h3-4,6,9,18-19H,1-2,5,7-8H2,(H2,15,16). The molecule has 6 heteroatoms. The quantitative estimate of drug-likeness (QED) is 0.342. The van der Waals surface area contributed by atoms with Gasteiger partial charge < -0.3 is 20.9 Å². The van der Waals surface area contributed by atoms with Crippen LogP contribution >= 0.6 is 15.9 Å². The van der Waals surface area contributed by atoms with Gasteiger partial charge in [0.1, 0.15) is 0 Å². The zero-order valence-electron chi connectivity index (χ0n) is 10.6. The molecule has 0 radical (unpaired) electrons. The molecule has 1 aliphatic heterocycles. The third kappa shape index (κ3) is 3.19. The first-order chi connectivity index (χ1) is 9.15. The molecular weight excluding hydrogens is 310 g/mol. The number of amidine groups is 1. The molecule has 1 aromatic carbocycles. The van der Waals surface area contributed by atoms with Crippen LogP contribution in [0.4, 0.5) is 5.69 Å². The van der Waals surface area contributed by atoms with E-state index < -0.39 is 0 Å². The van der Waals surface area contributed by atoms with Gasteiger partial charge in [-0.1, -0.05) is 5.16 Å². The molecule has 1 aromatic rings. The number of hydrogen-bond donors (Lipinski definition) is 3. The molecule has 1 atom stereocenters. The minimum Gasteiger partial charge on any atom is -0.409 e. The van der Waals surface area contributed by atoms with Gasteiger partial charge in [-0.05, 0) is 52.9 Å². The second-order valence-corrected chi connectivity index (χ2v) is 5.64. The first-order valence-electron chi connectivity index (χ1n) is 6.29. The van der Waals surface area contributed by atoms with Crippen molar-refractivity contribution in [2.75, 3.05) is 24.6 Å². The maximum absolute atomic E-state index is 9.26. The second-order valence-electron chi connectivity index (χ2n) is 4.79. The summed E-state index contributed by atoms with van der Waals surface area (Å²) < 4.78 is 0.798. The largest absolute Gasteiger partial charge is 0.409 e. The average molecular weight is 328 g/mol. The molecule has 0 aliphatic carbocycles. The minimum atomic E-state index is 0.0882. The molecular formula is C13H18BrN3O2. The summed E-state index contributed by atoms with van der Waals surface area (Å²) in [6, 6.07) is 5.75. The fraction of sp³-hybridized carbons (Fsp3) is 0.462. The summed E-state index contributed by atoms with van der Waals surface area (Å²) in [5, 5.41) is 21.0. The van der Waals surface area contributed by atoms with Crippen LogP contribution in [0.25, 0.3) is 0 Å². The van der Waals surface area contributed by atoms with Gasteiger partial charge in [0.05, 0.1) is 0 Å². The number of hydrogen-bond acceptors (Lipinski definition) is 4. The third-order valence-corrected chi connectivity index (χ3v) is 4.13. The summed E-state index contributed by atoms with van der Waals surface area (Å²) in [4.78, 5) is 2.26. The van der Waals surface area contributed by atoms with Gasteiger partial charge in [0.15, 0.2) is 5.84 Å². The number of halogens is 1. The number of oxime groups is 1. The predicted molar refractivity (Wildman–Crippen MR) is 78.7 cm³/mol. The topological polar surface area (TPSA) is 82.1 Å². The number of nitrogens with zero attached hydrogens (tertiary/aromatic N) is 2. The fourth-order valence-electron chi connectivity index (χ4n) is 2.41. The number of rotatable bonds is 3.